The lowest BCUT2D eigenvalue weighted by Crippen LogP contribution is -2.41. The summed E-state index contributed by atoms with van der Waals surface area (Å²) < 4.78 is 0. The summed E-state index contributed by atoms with van der Waals surface area (Å²) in [4.78, 5) is 0. The van der Waals surface area contributed by atoms with Crippen LogP contribution in [-0.2, 0) is 0 Å². The van der Waals surface area contributed by atoms with Crippen molar-refractivity contribution < 1.29 is 0 Å². The molecule has 0 fully saturated rings. The highest BCUT2D eigenvalue weighted by Gasteiger charge is 2.04. The van der Waals surface area contributed by atoms with Gasteiger partial charge >= 0.3 is 0 Å². The molecule has 0 saturated heterocycles. The highest BCUT2D eigenvalue weighted by molar-refractivity contribution is 7.98. The quantitative estimate of drug-likeness (QED) is 0.654. The summed E-state index contributed by atoms with van der Waals surface area (Å²) >= 11 is 6.82. The van der Waals surface area contributed by atoms with Gasteiger partial charge in [0.1, 0.15) is 0 Å². The number of hydrogen-bond acceptors (Lipinski definition) is 2. The van der Waals surface area contributed by atoms with E-state index in [1.165, 1.54) is 0 Å². The van der Waals surface area contributed by atoms with Gasteiger partial charge in [-0.05, 0) is 24.9 Å². The predicted molar refractivity (Wildman–Crippen MR) is 57.3 cm³/mol. The van der Waals surface area contributed by atoms with Crippen LogP contribution in [0.2, 0.25) is 0 Å². The molecule has 11 heavy (non-hydrogen) atoms. The third-order valence-electron chi connectivity index (χ3n) is 1.42. The molecule has 0 aliphatic carbocycles. The van der Waals surface area contributed by atoms with E-state index in [0.29, 0.717) is 6.04 Å². The first kappa shape index (κ1) is 11.0. The van der Waals surface area contributed by atoms with E-state index in [-0.39, 0.29) is 0 Å². The molecule has 1 atom stereocenters. The third kappa shape index (κ3) is 5.32. The van der Waals surface area contributed by atoms with E-state index in [4.69, 9.17) is 12.2 Å². The van der Waals surface area contributed by atoms with E-state index < -0.39 is 0 Å². The summed E-state index contributed by atoms with van der Waals surface area (Å²) in [6.45, 7) is 2.16. The molecule has 0 radical (unpaired) electrons. The largest absolute Gasteiger partial charge is 0.366 e. The van der Waals surface area contributed by atoms with Crippen LogP contribution < -0.4 is 10.6 Å². The molecule has 0 aromatic rings. The van der Waals surface area contributed by atoms with Gasteiger partial charge in [0.05, 0.1) is 0 Å². The zero-order valence-electron chi connectivity index (χ0n) is 7.31. The maximum atomic E-state index is 4.98. The topological polar surface area (TPSA) is 24.1 Å². The lowest BCUT2D eigenvalue weighted by molar-refractivity contribution is 0.647. The summed E-state index contributed by atoms with van der Waals surface area (Å²) in [7, 11) is 1.83. The second-order valence-corrected chi connectivity index (χ2v) is 3.60. The van der Waals surface area contributed by atoms with E-state index in [1.54, 1.807) is 0 Å². The fourth-order valence-electron chi connectivity index (χ4n) is 0.720. The van der Waals surface area contributed by atoms with Gasteiger partial charge in [-0.2, -0.15) is 11.8 Å². The molecule has 2 N–H and O–H groups in total. The van der Waals surface area contributed by atoms with Crippen molar-refractivity contribution in [3.05, 3.63) is 0 Å². The Morgan fingerprint density at radius 3 is 2.64 bits per heavy atom. The Kier molecular flexibility index (Phi) is 6.76. The van der Waals surface area contributed by atoms with Crippen molar-refractivity contribution in [3.63, 3.8) is 0 Å². The molecule has 0 bridgehead atoms. The predicted octanol–water partition coefficient (Wildman–Crippen LogP) is 1.22. The van der Waals surface area contributed by atoms with Crippen molar-refractivity contribution in [2.75, 3.05) is 19.1 Å². The van der Waals surface area contributed by atoms with Gasteiger partial charge in [-0.25, -0.2) is 0 Å². The molecule has 0 aliphatic rings. The first-order valence-electron chi connectivity index (χ1n) is 3.71. The van der Waals surface area contributed by atoms with E-state index >= 15 is 0 Å². The van der Waals surface area contributed by atoms with Gasteiger partial charge in [0.25, 0.3) is 0 Å². The Morgan fingerprint density at radius 2 is 2.27 bits per heavy atom. The molecule has 1 unspecified atom stereocenters. The molecular weight excluding hydrogens is 176 g/mol. The molecule has 0 rings (SSSR count). The minimum absolute atomic E-state index is 0.505. The first-order valence-corrected chi connectivity index (χ1v) is 5.52. The average Bonchev–Trinajstić information content (AvgIpc) is 2.03. The molecule has 4 heteroatoms. The molecule has 0 aromatic carbocycles. The van der Waals surface area contributed by atoms with E-state index in [9.17, 15) is 0 Å². The Hall–Kier alpha value is 0.0400. The lowest BCUT2D eigenvalue weighted by Gasteiger charge is -2.16. The second kappa shape index (κ2) is 6.73. The van der Waals surface area contributed by atoms with Crippen LogP contribution in [0.4, 0.5) is 0 Å². The maximum Gasteiger partial charge on any atom is 0.166 e. The molecule has 2 nitrogen and oxygen atoms in total. The number of hydrogen-bond donors (Lipinski definition) is 2. The number of thiocarbonyl (C=S) groups is 1. The maximum absolute atomic E-state index is 4.98. The average molecular weight is 192 g/mol. The lowest BCUT2D eigenvalue weighted by atomic mass is 10.3. The van der Waals surface area contributed by atoms with Gasteiger partial charge in [-0.15, -0.1) is 0 Å². The highest BCUT2D eigenvalue weighted by atomic mass is 32.2. The van der Waals surface area contributed by atoms with Crippen LogP contribution in [0.3, 0.4) is 0 Å². The molecule has 66 valence electrons. The summed E-state index contributed by atoms with van der Waals surface area (Å²) in [6, 6.07) is 0.505. The smallest absolute Gasteiger partial charge is 0.166 e. The molecule has 0 saturated carbocycles. The van der Waals surface area contributed by atoms with Gasteiger partial charge in [0.15, 0.2) is 5.11 Å². The first-order chi connectivity index (χ1) is 5.24. The minimum Gasteiger partial charge on any atom is -0.366 e. The van der Waals surface area contributed by atoms with Crippen LogP contribution in [0.1, 0.15) is 13.3 Å². The molecule has 0 heterocycles. The van der Waals surface area contributed by atoms with Crippen LogP contribution in [0.15, 0.2) is 0 Å². The van der Waals surface area contributed by atoms with Crippen LogP contribution >= 0.6 is 24.0 Å². The Morgan fingerprint density at radius 1 is 1.64 bits per heavy atom. The summed E-state index contributed by atoms with van der Waals surface area (Å²) in [5.74, 6) is 1.11. The Bertz CT molecular complexity index is 117. The summed E-state index contributed by atoms with van der Waals surface area (Å²) in [5.41, 5.74) is 0. The molecule has 0 aromatic heterocycles. The van der Waals surface area contributed by atoms with Crippen LogP contribution in [0.25, 0.3) is 0 Å². The fourth-order valence-corrected chi connectivity index (χ4v) is 1.61. The Labute approximate surface area is 78.5 Å². The third-order valence-corrected chi connectivity index (χ3v) is 2.48. The SMILES string of the molecule is CCC(CSC)NC(=S)NC. The van der Waals surface area contributed by atoms with Gasteiger partial charge < -0.3 is 10.6 Å². The van der Waals surface area contributed by atoms with Crippen LogP contribution in [0.5, 0.6) is 0 Å². The van der Waals surface area contributed by atoms with Crippen molar-refractivity contribution in [1.29, 1.82) is 0 Å². The standard InChI is InChI=1S/C7H16N2S2/c1-4-6(5-11-3)9-7(10)8-2/h6H,4-5H2,1-3H3,(H2,8,9,10). The molecule has 0 amide bonds. The van der Waals surface area contributed by atoms with Crippen LogP contribution in [-0.4, -0.2) is 30.2 Å². The zero-order chi connectivity index (χ0) is 8.69. The van der Waals surface area contributed by atoms with Crippen molar-refractivity contribution >= 4 is 29.1 Å². The van der Waals surface area contributed by atoms with Gasteiger partial charge in [0, 0.05) is 18.8 Å². The van der Waals surface area contributed by atoms with Gasteiger partial charge in [0.2, 0.25) is 0 Å². The Balaban J connectivity index is 3.58. The molecule has 0 aliphatic heterocycles. The monoisotopic (exact) mass is 192 g/mol. The van der Waals surface area contributed by atoms with Gasteiger partial charge in [-0.3, -0.25) is 0 Å². The van der Waals surface area contributed by atoms with Crippen molar-refractivity contribution in [3.8, 4) is 0 Å². The number of rotatable bonds is 4. The second-order valence-electron chi connectivity index (χ2n) is 2.28. The van der Waals surface area contributed by atoms with Crippen molar-refractivity contribution in [2.45, 2.75) is 19.4 Å². The summed E-state index contributed by atoms with van der Waals surface area (Å²) in [5, 5.41) is 6.86. The minimum atomic E-state index is 0.505. The number of thioether (sulfide) groups is 1. The molecule has 0 spiro atoms. The fraction of sp³-hybridized carbons (Fsp3) is 0.857. The van der Waals surface area contributed by atoms with Gasteiger partial charge in [-0.1, -0.05) is 6.92 Å². The number of nitrogens with one attached hydrogen (secondary N) is 2. The zero-order valence-corrected chi connectivity index (χ0v) is 8.94. The van der Waals surface area contributed by atoms with E-state index in [2.05, 4.69) is 23.8 Å². The van der Waals surface area contributed by atoms with E-state index in [1.807, 2.05) is 18.8 Å². The normalized spacial score (nSPS) is 12.3. The van der Waals surface area contributed by atoms with E-state index in [0.717, 1.165) is 17.3 Å². The molecular formula is C7H16N2S2. The van der Waals surface area contributed by atoms with Crippen molar-refractivity contribution in [2.24, 2.45) is 0 Å². The highest BCUT2D eigenvalue weighted by Crippen LogP contribution is 2.00. The van der Waals surface area contributed by atoms with Crippen molar-refractivity contribution in [1.82, 2.24) is 10.6 Å². The van der Waals surface area contributed by atoms with Crippen LogP contribution in [0, 0.1) is 0 Å². The summed E-state index contributed by atoms with van der Waals surface area (Å²) in [6.07, 6.45) is 3.22.